The maximum Gasteiger partial charge on any atom is 0.228 e. The third-order valence-electron chi connectivity index (χ3n) is 5.72. The molecule has 2 heterocycles. The molecule has 120 valence electrons. The number of rotatable bonds is 4. The van der Waals surface area contributed by atoms with Crippen molar-refractivity contribution in [1.82, 2.24) is 15.1 Å². The molecule has 3 fully saturated rings. The average Bonchev–Trinajstić information content (AvgIpc) is 2.96. The van der Waals surface area contributed by atoms with Crippen LogP contribution in [0.2, 0.25) is 0 Å². The number of carbonyl (C=O) groups is 1. The highest BCUT2D eigenvalue weighted by atomic mass is 16.2. The highest BCUT2D eigenvalue weighted by molar-refractivity contribution is 5.83. The summed E-state index contributed by atoms with van der Waals surface area (Å²) in [5.41, 5.74) is 0.00521. The summed E-state index contributed by atoms with van der Waals surface area (Å²) in [6, 6.07) is 0.704. The van der Waals surface area contributed by atoms with Crippen LogP contribution in [0.3, 0.4) is 0 Å². The first-order valence-electron chi connectivity index (χ1n) is 8.85. The number of nitrogens with one attached hydrogen (secondary N) is 1. The molecule has 4 heteroatoms. The van der Waals surface area contributed by atoms with Gasteiger partial charge in [-0.1, -0.05) is 20.3 Å². The van der Waals surface area contributed by atoms with Gasteiger partial charge in [0, 0.05) is 44.2 Å². The molecule has 1 saturated carbocycles. The average molecular weight is 293 g/mol. The van der Waals surface area contributed by atoms with Gasteiger partial charge >= 0.3 is 0 Å². The zero-order chi connectivity index (χ0) is 14.9. The molecule has 0 radical (unpaired) electrons. The molecule has 0 bridgehead atoms. The second-order valence-corrected chi connectivity index (χ2v) is 7.71. The molecule has 21 heavy (non-hydrogen) atoms. The maximum absolute atomic E-state index is 13.0. The van der Waals surface area contributed by atoms with Crippen molar-refractivity contribution in [3.8, 4) is 0 Å². The van der Waals surface area contributed by atoms with E-state index in [9.17, 15) is 4.79 Å². The molecule has 3 rings (SSSR count). The predicted octanol–water partition coefficient (Wildman–Crippen LogP) is 1.71. The van der Waals surface area contributed by atoms with E-state index in [-0.39, 0.29) is 5.41 Å². The fourth-order valence-corrected chi connectivity index (χ4v) is 4.47. The third-order valence-corrected chi connectivity index (χ3v) is 5.72. The molecule has 1 amide bonds. The van der Waals surface area contributed by atoms with Gasteiger partial charge < -0.3 is 10.2 Å². The Kier molecular flexibility index (Phi) is 4.55. The van der Waals surface area contributed by atoms with Crippen molar-refractivity contribution < 1.29 is 4.79 Å². The van der Waals surface area contributed by atoms with E-state index in [0.29, 0.717) is 17.9 Å². The van der Waals surface area contributed by atoms with Gasteiger partial charge in [0.2, 0.25) is 5.91 Å². The Labute approximate surface area is 129 Å². The number of carbonyl (C=O) groups excluding carboxylic acids is 1. The van der Waals surface area contributed by atoms with Gasteiger partial charge in [-0.15, -0.1) is 0 Å². The lowest BCUT2D eigenvalue weighted by molar-refractivity contribution is -0.151. The van der Waals surface area contributed by atoms with Crippen LogP contribution in [0.1, 0.15) is 46.0 Å². The topological polar surface area (TPSA) is 35.6 Å². The van der Waals surface area contributed by atoms with Crippen LogP contribution in [-0.4, -0.2) is 61.0 Å². The minimum absolute atomic E-state index is 0.00521. The summed E-state index contributed by atoms with van der Waals surface area (Å²) in [4.78, 5) is 17.7. The Balaban J connectivity index is 1.54. The molecule has 2 aliphatic heterocycles. The van der Waals surface area contributed by atoms with Gasteiger partial charge in [0.1, 0.15) is 0 Å². The first-order chi connectivity index (χ1) is 10.1. The molecule has 0 aromatic carbocycles. The summed E-state index contributed by atoms with van der Waals surface area (Å²) in [5, 5.41) is 3.45. The first-order valence-corrected chi connectivity index (χ1v) is 8.85. The number of hydrogen-bond acceptors (Lipinski definition) is 3. The largest absolute Gasteiger partial charge is 0.340 e. The first kappa shape index (κ1) is 15.3. The van der Waals surface area contributed by atoms with Crippen LogP contribution >= 0.6 is 0 Å². The molecule has 1 N–H and O–H groups in total. The summed E-state index contributed by atoms with van der Waals surface area (Å²) < 4.78 is 0. The minimum atomic E-state index is 0.00521. The monoisotopic (exact) mass is 293 g/mol. The lowest BCUT2D eigenvalue weighted by Gasteiger charge is -2.47. The Morgan fingerprint density at radius 2 is 1.95 bits per heavy atom. The number of amides is 1. The Bertz CT molecular complexity index is 364. The molecular weight excluding hydrogens is 262 g/mol. The lowest BCUT2D eigenvalue weighted by Crippen LogP contribution is -2.57. The van der Waals surface area contributed by atoms with E-state index < -0.39 is 0 Å². The van der Waals surface area contributed by atoms with Crippen LogP contribution in [0.5, 0.6) is 0 Å². The van der Waals surface area contributed by atoms with E-state index in [1.165, 1.54) is 12.8 Å². The van der Waals surface area contributed by atoms with E-state index >= 15 is 0 Å². The number of hydrogen-bond donors (Lipinski definition) is 1. The lowest BCUT2D eigenvalue weighted by atomic mass is 9.63. The van der Waals surface area contributed by atoms with Gasteiger partial charge in [0.05, 0.1) is 0 Å². The van der Waals surface area contributed by atoms with Gasteiger partial charge in [-0.3, -0.25) is 9.69 Å². The fourth-order valence-electron chi connectivity index (χ4n) is 4.47. The highest BCUT2D eigenvalue weighted by Crippen LogP contribution is 2.47. The van der Waals surface area contributed by atoms with Crippen molar-refractivity contribution in [1.29, 1.82) is 0 Å². The van der Waals surface area contributed by atoms with Crippen LogP contribution in [0.25, 0.3) is 0 Å². The number of piperazine rings is 1. The van der Waals surface area contributed by atoms with E-state index in [0.717, 1.165) is 58.5 Å². The van der Waals surface area contributed by atoms with Gasteiger partial charge in [0.25, 0.3) is 0 Å². The summed E-state index contributed by atoms with van der Waals surface area (Å²) in [6.45, 7) is 10.8. The summed E-state index contributed by atoms with van der Waals surface area (Å²) in [7, 11) is 0. The zero-order valence-corrected chi connectivity index (χ0v) is 13.7. The number of nitrogens with zero attached hydrogens (tertiary/aromatic N) is 2. The van der Waals surface area contributed by atoms with Crippen molar-refractivity contribution in [3.63, 3.8) is 0 Å². The molecule has 4 nitrogen and oxygen atoms in total. The standard InChI is InChI=1S/C17H31N3O/c1-14(2)12-17(5-3-6-17)16(21)20-10-8-19(9-11-20)15-4-7-18-13-15/h14-15,18H,3-13H2,1-2H3. The molecule has 0 aromatic heterocycles. The van der Waals surface area contributed by atoms with Crippen LogP contribution in [0.4, 0.5) is 0 Å². The fraction of sp³-hybridized carbons (Fsp3) is 0.941. The molecule has 1 unspecified atom stereocenters. The van der Waals surface area contributed by atoms with Crippen LogP contribution in [0, 0.1) is 11.3 Å². The Morgan fingerprint density at radius 3 is 2.43 bits per heavy atom. The van der Waals surface area contributed by atoms with Crippen molar-refractivity contribution in [3.05, 3.63) is 0 Å². The predicted molar refractivity (Wildman–Crippen MR) is 85.2 cm³/mol. The summed E-state index contributed by atoms with van der Waals surface area (Å²) in [6.07, 6.45) is 5.84. The Hall–Kier alpha value is -0.610. The molecule has 0 spiro atoms. The van der Waals surface area contributed by atoms with Crippen LogP contribution in [0.15, 0.2) is 0 Å². The van der Waals surface area contributed by atoms with Crippen molar-refractivity contribution in [2.75, 3.05) is 39.3 Å². The van der Waals surface area contributed by atoms with Crippen molar-refractivity contribution >= 4 is 5.91 Å². The normalized spacial score (nSPS) is 29.7. The summed E-state index contributed by atoms with van der Waals surface area (Å²) >= 11 is 0. The maximum atomic E-state index is 13.0. The molecule has 1 atom stereocenters. The second kappa shape index (κ2) is 6.25. The second-order valence-electron chi connectivity index (χ2n) is 7.71. The minimum Gasteiger partial charge on any atom is -0.340 e. The zero-order valence-electron chi connectivity index (χ0n) is 13.7. The van der Waals surface area contributed by atoms with Gasteiger partial charge in [-0.2, -0.15) is 0 Å². The molecule has 0 aromatic rings. The molecular formula is C17H31N3O. The molecule has 3 aliphatic rings. The van der Waals surface area contributed by atoms with Crippen LogP contribution < -0.4 is 5.32 Å². The van der Waals surface area contributed by atoms with Crippen LogP contribution in [-0.2, 0) is 4.79 Å². The van der Waals surface area contributed by atoms with E-state index in [1.807, 2.05) is 0 Å². The highest BCUT2D eigenvalue weighted by Gasteiger charge is 2.46. The Morgan fingerprint density at radius 1 is 1.24 bits per heavy atom. The SMILES string of the molecule is CC(C)CC1(C(=O)N2CCN(C3CCNC3)CC2)CCC1. The summed E-state index contributed by atoms with van der Waals surface area (Å²) in [5.74, 6) is 1.09. The van der Waals surface area contributed by atoms with Crippen molar-refractivity contribution in [2.24, 2.45) is 11.3 Å². The molecule has 2 saturated heterocycles. The van der Waals surface area contributed by atoms with Gasteiger partial charge in [0.15, 0.2) is 0 Å². The smallest absolute Gasteiger partial charge is 0.228 e. The molecule has 1 aliphatic carbocycles. The van der Waals surface area contributed by atoms with E-state index in [2.05, 4.69) is 29.0 Å². The van der Waals surface area contributed by atoms with Gasteiger partial charge in [-0.25, -0.2) is 0 Å². The van der Waals surface area contributed by atoms with Gasteiger partial charge in [-0.05, 0) is 38.1 Å². The van der Waals surface area contributed by atoms with E-state index in [1.54, 1.807) is 0 Å². The quantitative estimate of drug-likeness (QED) is 0.857. The van der Waals surface area contributed by atoms with Crippen molar-refractivity contribution in [2.45, 2.75) is 52.0 Å². The third kappa shape index (κ3) is 3.11. The van der Waals surface area contributed by atoms with E-state index in [4.69, 9.17) is 0 Å².